The molecule has 0 spiro atoms. The maximum Gasteiger partial charge on any atom is 0.471 e. The van der Waals surface area contributed by atoms with E-state index < -0.39 is 12.1 Å². The molecule has 6 heteroatoms. The van der Waals surface area contributed by atoms with Gasteiger partial charge in [-0.3, -0.25) is 4.79 Å². The van der Waals surface area contributed by atoms with Gasteiger partial charge in [-0.15, -0.1) is 0 Å². The molecule has 3 nitrogen and oxygen atoms in total. The van der Waals surface area contributed by atoms with E-state index in [2.05, 4.69) is 0 Å². The summed E-state index contributed by atoms with van der Waals surface area (Å²) in [7, 11) is 1.49. The summed E-state index contributed by atoms with van der Waals surface area (Å²) < 4.78 is 41.7. The Hall–Kier alpha value is -1.72. The first-order valence-corrected chi connectivity index (χ1v) is 5.21. The smallest absolute Gasteiger partial charge is 0.471 e. The summed E-state index contributed by atoms with van der Waals surface area (Å²) in [6.07, 6.45) is -4.89. The van der Waals surface area contributed by atoms with Gasteiger partial charge in [0.25, 0.3) is 0 Å². The number of methoxy groups -OCH3 is 1. The van der Waals surface area contributed by atoms with Crippen LogP contribution in [-0.2, 0) is 4.79 Å². The molecule has 0 aliphatic carbocycles. The molecular formula is C12H14F3NO2. The van der Waals surface area contributed by atoms with Crippen molar-refractivity contribution in [3.8, 4) is 5.75 Å². The molecule has 100 valence electrons. The molecule has 1 N–H and O–H groups in total. The third-order valence-electron chi connectivity index (χ3n) is 2.74. The second kappa shape index (κ2) is 4.88. The fourth-order valence-electron chi connectivity index (χ4n) is 1.70. The summed E-state index contributed by atoms with van der Waals surface area (Å²) in [4.78, 5) is 10.9. The number of ether oxygens (including phenoxy) is 1. The van der Waals surface area contributed by atoms with Gasteiger partial charge in [0.1, 0.15) is 5.75 Å². The largest absolute Gasteiger partial charge is 0.496 e. The highest BCUT2D eigenvalue weighted by molar-refractivity contribution is 5.96. The van der Waals surface area contributed by atoms with E-state index in [0.29, 0.717) is 22.4 Å². The first-order valence-electron chi connectivity index (χ1n) is 5.21. The minimum absolute atomic E-state index is 0.146. The van der Waals surface area contributed by atoms with E-state index in [1.807, 2.05) is 5.32 Å². The number of benzene rings is 1. The summed E-state index contributed by atoms with van der Waals surface area (Å²) in [5.74, 6) is -1.37. The predicted molar refractivity (Wildman–Crippen MR) is 61.9 cm³/mol. The van der Waals surface area contributed by atoms with Crippen LogP contribution in [0.15, 0.2) is 6.07 Å². The van der Waals surface area contributed by atoms with Crippen molar-refractivity contribution < 1.29 is 22.7 Å². The van der Waals surface area contributed by atoms with Crippen molar-refractivity contribution in [3.05, 3.63) is 22.8 Å². The number of halogens is 3. The molecule has 0 saturated heterocycles. The van der Waals surface area contributed by atoms with E-state index in [-0.39, 0.29) is 5.69 Å². The van der Waals surface area contributed by atoms with Gasteiger partial charge in [-0.1, -0.05) is 0 Å². The lowest BCUT2D eigenvalue weighted by Gasteiger charge is -2.16. The van der Waals surface area contributed by atoms with Crippen molar-refractivity contribution in [2.24, 2.45) is 0 Å². The van der Waals surface area contributed by atoms with Gasteiger partial charge in [-0.05, 0) is 43.5 Å². The third kappa shape index (κ3) is 2.75. The standard InChI is InChI=1S/C12H14F3NO2/c1-6-5-9(16-11(17)12(13,14)15)7(2)8(3)10(6)18-4/h5H,1-4H3,(H,16,17). The van der Waals surface area contributed by atoms with E-state index in [1.54, 1.807) is 20.8 Å². The number of hydrogen-bond donors (Lipinski definition) is 1. The first-order chi connectivity index (χ1) is 8.18. The molecule has 1 amide bonds. The van der Waals surface area contributed by atoms with E-state index >= 15 is 0 Å². The van der Waals surface area contributed by atoms with Crippen molar-refractivity contribution >= 4 is 11.6 Å². The van der Waals surface area contributed by atoms with E-state index in [0.717, 1.165) is 0 Å². The lowest BCUT2D eigenvalue weighted by atomic mass is 10.0. The molecule has 0 unspecified atom stereocenters. The maximum absolute atomic E-state index is 12.2. The van der Waals surface area contributed by atoms with Crippen LogP contribution < -0.4 is 10.1 Å². The zero-order valence-electron chi connectivity index (χ0n) is 10.5. The summed E-state index contributed by atoms with van der Waals surface area (Å²) in [6, 6.07) is 1.46. The van der Waals surface area contributed by atoms with Crippen LogP contribution in [-0.4, -0.2) is 19.2 Å². The van der Waals surface area contributed by atoms with Gasteiger partial charge in [-0.2, -0.15) is 13.2 Å². The molecule has 0 aliphatic heterocycles. The van der Waals surface area contributed by atoms with Crippen molar-refractivity contribution in [2.75, 3.05) is 12.4 Å². The van der Waals surface area contributed by atoms with Gasteiger partial charge in [-0.25, -0.2) is 0 Å². The summed E-state index contributed by atoms with van der Waals surface area (Å²) in [5.41, 5.74) is 2.07. The fraction of sp³-hybridized carbons (Fsp3) is 0.417. The van der Waals surface area contributed by atoms with Crippen molar-refractivity contribution in [1.82, 2.24) is 0 Å². The Labute approximate surface area is 103 Å². The Morgan fingerprint density at radius 1 is 1.22 bits per heavy atom. The van der Waals surface area contributed by atoms with E-state index in [9.17, 15) is 18.0 Å². The van der Waals surface area contributed by atoms with Crippen LogP contribution in [0, 0.1) is 20.8 Å². The van der Waals surface area contributed by atoms with Crippen LogP contribution in [0.3, 0.4) is 0 Å². The molecule has 0 fully saturated rings. The van der Waals surface area contributed by atoms with Crippen LogP contribution >= 0.6 is 0 Å². The van der Waals surface area contributed by atoms with Gasteiger partial charge in [0.05, 0.1) is 7.11 Å². The molecule has 1 aromatic carbocycles. The third-order valence-corrected chi connectivity index (χ3v) is 2.74. The van der Waals surface area contributed by atoms with Gasteiger partial charge in [0, 0.05) is 5.69 Å². The number of carbonyl (C=O) groups excluding carboxylic acids is 1. The number of amides is 1. The average Bonchev–Trinajstić information content (AvgIpc) is 2.24. The first kappa shape index (κ1) is 14.3. The highest BCUT2D eigenvalue weighted by Gasteiger charge is 2.39. The number of alkyl halides is 3. The second-order valence-corrected chi connectivity index (χ2v) is 3.98. The molecule has 18 heavy (non-hydrogen) atoms. The number of nitrogens with one attached hydrogen (secondary N) is 1. The summed E-state index contributed by atoms with van der Waals surface area (Å²) >= 11 is 0. The molecule has 1 rings (SSSR count). The van der Waals surface area contributed by atoms with E-state index in [4.69, 9.17) is 4.74 Å². The Balaban J connectivity index is 3.17. The number of hydrogen-bond acceptors (Lipinski definition) is 2. The van der Waals surface area contributed by atoms with E-state index in [1.165, 1.54) is 13.2 Å². The minimum Gasteiger partial charge on any atom is -0.496 e. The molecule has 0 aliphatic rings. The second-order valence-electron chi connectivity index (χ2n) is 3.98. The molecule has 0 atom stereocenters. The van der Waals surface area contributed by atoms with Crippen LogP contribution in [0.1, 0.15) is 16.7 Å². The molecule has 0 heterocycles. The Morgan fingerprint density at radius 2 is 1.78 bits per heavy atom. The predicted octanol–water partition coefficient (Wildman–Crippen LogP) is 3.12. The molecule has 0 radical (unpaired) electrons. The Bertz CT molecular complexity index is 481. The average molecular weight is 261 g/mol. The van der Waals surface area contributed by atoms with Gasteiger partial charge >= 0.3 is 12.1 Å². The molecule has 0 saturated carbocycles. The van der Waals surface area contributed by atoms with Crippen LogP contribution in [0.4, 0.5) is 18.9 Å². The van der Waals surface area contributed by atoms with Crippen LogP contribution in [0.2, 0.25) is 0 Å². The van der Waals surface area contributed by atoms with Gasteiger partial charge < -0.3 is 10.1 Å². The number of anilines is 1. The lowest BCUT2D eigenvalue weighted by Crippen LogP contribution is -2.30. The normalized spacial score (nSPS) is 11.3. The molecule has 0 aromatic heterocycles. The summed E-state index contributed by atoms with van der Waals surface area (Å²) in [5, 5.41) is 1.86. The highest BCUT2D eigenvalue weighted by atomic mass is 19.4. The number of aryl methyl sites for hydroxylation is 1. The minimum atomic E-state index is -4.89. The molecule has 1 aromatic rings. The Kier molecular flexibility index (Phi) is 3.88. The van der Waals surface area contributed by atoms with Gasteiger partial charge in [0.15, 0.2) is 0 Å². The number of rotatable bonds is 2. The maximum atomic E-state index is 12.2. The zero-order valence-corrected chi connectivity index (χ0v) is 10.5. The van der Waals surface area contributed by atoms with Crippen molar-refractivity contribution in [1.29, 1.82) is 0 Å². The lowest BCUT2D eigenvalue weighted by molar-refractivity contribution is -0.167. The molecular weight excluding hydrogens is 247 g/mol. The monoisotopic (exact) mass is 261 g/mol. The van der Waals surface area contributed by atoms with Crippen molar-refractivity contribution in [3.63, 3.8) is 0 Å². The van der Waals surface area contributed by atoms with Crippen LogP contribution in [0.25, 0.3) is 0 Å². The van der Waals surface area contributed by atoms with Crippen LogP contribution in [0.5, 0.6) is 5.75 Å². The molecule has 0 bridgehead atoms. The quantitative estimate of drug-likeness (QED) is 0.888. The Morgan fingerprint density at radius 3 is 2.22 bits per heavy atom. The SMILES string of the molecule is COc1c(C)cc(NC(=O)C(F)(F)F)c(C)c1C. The van der Waals surface area contributed by atoms with Crippen molar-refractivity contribution in [2.45, 2.75) is 26.9 Å². The topological polar surface area (TPSA) is 38.3 Å². The summed E-state index contributed by atoms with van der Waals surface area (Å²) in [6.45, 7) is 5.06. The van der Waals surface area contributed by atoms with Gasteiger partial charge in [0.2, 0.25) is 0 Å². The fourth-order valence-corrected chi connectivity index (χ4v) is 1.70. The highest BCUT2D eigenvalue weighted by Crippen LogP contribution is 2.32. The number of carbonyl (C=O) groups is 1. The zero-order chi connectivity index (χ0) is 14.1.